The highest BCUT2D eigenvalue weighted by Gasteiger charge is 2.21. The van der Waals surface area contributed by atoms with Gasteiger partial charge in [0.25, 0.3) is 0 Å². The standard InChI is InChI=1S/C12H20N4O2/c1-9(7-15-5-3-4-6-15)16-8-14-10(11(16)13)12(17)18-2/h8-9H,3-7,13H2,1-2H3. The van der Waals surface area contributed by atoms with Crippen LogP contribution < -0.4 is 5.73 Å². The number of likely N-dealkylation sites (tertiary alicyclic amines) is 1. The number of hydrogen-bond donors (Lipinski definition) is 1. The fourth-order valence-electron chi connectivity index (χ4n) is 2.40. The predicted molar refractivity (Wildman–Crippen MR) is 68.4 cm³/mol. The average molecular weight is 252 g/mol. The third-order valence-corrected chi connectivity index (χ3v) is 3.41. The van der Waals surface area contributed by atoms with E-state index in [0.29, 0.717) is 5.82 Å². The van der Waals surface area contributed by atoms with Gasteiger partial charge in [-0.2, -0.15) is 0 Å². The highest BCUT2D eigenvalue weighted by molar-refractivity contribution is 5.92. The Morgan fingerprint density at radius 1 is 1.56 bits per heavy atom. The van der Waals surface area contributed by atoms with E-state index in [0.717, 1.165) is 19.6 Å². The van der Waals surface area contributed by atoms with Gasteiger partial charge in [0.05, 0.1) is 13.4 Å². The maximum Gasteiger partial charge on any atom is 0.360 e. The van der Waals surface area contributed by atoms with Crippen LogP contribution in [0.25, 0.3) is 0 Å². The summed E-state index contributed by atoms with van der Waals surface area (Å²) in [4.78, 5) is 17.9. The van der Waals surface area contributed by atoms with Gasteiger partial charge in [0.2, 0.25) is 0 Å². The predicted octanol–water partition coefficient (Wildman–Crippen LogP) is 0.909. The molecule has 1 unspecified atom stereocenters. The van der Waals surface area contributed by atoms with E-state index in [9.17, 15) is 4.79 Å². The van der Waals surface area contributed by atoms with Crippen molar-refractivity contribution in [3.63, 3.8) is 0 Å². The van der Waals surface area contributed by atoms with E-state index < -0.39 is 5.97 Å². The molecule has 0 bridgehead atoms. The van der Waals surface area contributed by atoms with E-state index in [2.05, 4.69) is 21.5 Å². The molecule has 1 fully saturated rings. The number of carbonyl (C=O) groups excluding carboxylic acids is 1. The van der Waals surface area contributed by atoms with E-state index in [1.807, 2.05) is 4.57 Å². The maximum absolute atomic E-state index is 11.4. The summed E-state index contributed by atoms with van der Waals surface area (Å²) >= 11 is 0. The second-order valence-corrected chi connectivity index (χ2v) is 4.73. The summed E-state index contributed by atoms with van der Waals surface area (Å²) < 4.78 is 6.48. The molecular weight excluding hydrogens is 232 g/mol. The van der Waals surface area contributed by atoms with E-state index in [1.54, 1.807) is 6.33 Å². The van der Waals surface area contributed by atoms with E-state index in [-0.39, 0.29) is 11.7 Å². The number of ether oxygens (including phenoxy) is 1. The van der Waals surface area contributed by atoms with Gasteiger partial charge in [-0.25, -0.2) is 9.78 Å². The van der Waals surface area contributed by atoms with E-state index in [1.165, 1.54) is 20.0 Å². The third-order valence-electron chi connectivity index (χ3n) is 3.41. The van der Waals surface area contributed by atoms with Crippen molar-refractivity contribution < 1.29 is 9.53 Å². The van der Waals surface area contributed by atoms with Crippen LogP contribution >= 0.6 is 0 Å². The molecule has 6 heteroatoms. The Labute approximate surface area is 107 Å². The number of esters is 1. The van der Waals surface area contributed by atoms with Crippen molar-refractivity contribution in [2.75, 3.05) is 32.5 Å². The van der Waals surface area contributed by atoms with Crippen LogP contribution in [0.1, 0.15) is 36.3 Å². The first-order valence-corrected chi connectivity index (χ1v) is 6.26. The van der Waals surface area contributed by atoms with Crippen molar-refractivity contribution in [3.05, 3.63) is 12.0 Å². The number of anilines is 1. The smallest absolute Gasteiger partial charge is 0.360 e. The van der Waals surface area contributed by atoms with Crippen molar-refractivity contribution in [1.29, 1.82) is 0 Å². The van der Waals surface area contributed by atoms with Gasteiger partial charge in [-0.15, -0.1) is 0 Å². The maximum atomic E-state index is 11.4. The molecule has 0 aliphatic carbocycles. The molecule has 100 valence electrons. The molecule has 0 amide bonds. The molecular formula is C12H20N4O2. The van der Waals surface area contributed by atoms with Crippen LogP contribution in [0.3, 0.4) is 0 Å². The lowest BCUT2D eigenvalue weighted by atomic mass is 10.3. The molecule has 1 saturated heterocycles. The van der Waals surface area contributed by atoms with E-state index in [4.69, 9.17) is 5.73 Å². The number of nitrogens with zero attached hydrogens (tertiary/aromatic N) is 3. The Bertz CT molecular complexity index is 424. The minimum atomic E-state index is -0.486. The Morgan fingerprint density at radius 3 is 2.83 bits per heavy atom. The molecule has 0 saturated carbocycles. The molecule has 1 aromatic heterocycles. The summed E-state index contributed by atoms with van der Waals surface area (Å²) in [5.41, 5.74) is 6.14. The van der Waals surface area contributed by atoms with Gasteiger partial charge in [-0.05, 0) is 32.9 Å². The zero-order valence-corrected chi connectivity index (χ0v) is 10.9. The van der Waals surface area contributed by atoms with Crippen molar-refractivity contribution in [2.45, 2.75) is 25.8 Å². The lowest BCUT2D eigenvalue weighted by Crippen LogP contribution is -2.27. The van der Waals surface area contributed by atoms with Crippen LogP contribution in [0.15, 0.2) is 6.33 Å². The summed E-state index contributed by atoms with van der Waals surface area (Å²) in [7, 11) is 1.33. The van der Waals surface area contributed by atoms with E-state index >= 15 is 0 Å². The molecule has 0 radical (unpaired) electrons. The fraction of sp³-hybridized carbons (Fsp3) is 0.667. The van der Waals surface area contributed by atoms with Crippen LogP contribution in [0.4, 0.5) is 5.82 Å². The molecule has 0 spiro atoms. The number of carbonyl (C=O) groups is 1. The molecule has 1 aromatic rings. The van der Waals surface area contributed by atoms with Crippen molar-refractivity contribution in [3.8, 4) is 0 Å². The lowest BCUT2D eigenvalue weighted by molar-refractivity contribution is 0.0596. The molecule has 1 aliphatic rings. The normalized spacial score (nSPS) is 17.9. The second-order valence-electron chi connectivity index (χ2n) is 4.73. The molecule has 1 atom stereocenters. The highest BCUT2D eigenvalue weighted by Crippen LogP contribution is 2.19. The summed E-state index contributed by atoms with van der Waals surface area (Å²) in [5, 5.41) is 0. The molecule has 1 aliphatic heterocycles. The zero-order valence-electron chi connectivity index (χ0n) is 10.9. The van der Waals surface area contributed by atoms with Gasteiger partial charge < -0.3 is 19.9 Å². The average Bonchev–Trinajstić information content (AvgIpc) is 2.97. The third kappa shape index (κ3) is 2.48. The van der Waals surface area contributed by atoms with Gasteiger partial charge >= 0.3 is 5.97 Å². The monoisotopic (exact) mass is 252 g/mol. The number of rotatable bonds is 4. The summed E-state index contributed by atoms with van der Waals surface area (Å²) in [6.45, 7) is 5.30. The first-order chi connectivity index (χ1) is 8.63. The Hall–Kier alpha value is -1.56. The minimum absolute atomic E-state index is 0.200. The van der Waals surface area contributed by atoms with Gasteiger partial charge in [0.15, 0.2) is 5.69 Å². The largest absolute Gasteiger partial charge is 0.464 e. The topological polar surface area (TPSA) is 73.4 Å². The summed E-state index contributed by atoms with van der Waals surface area (Å²) in [5.74, 6) is -0.104. The number of nitrogens with two attached hydrogens (primary N) is 1. The van der Waals surface area contributed by atoms with Crippen LogP contribution in [0.2, 0.25) is 0 Å². The van der Waals surface area contributed by atoms with Crippen LogP contribution in [0, 0.1) is 0 Å². The van der Waals surface area contributed by atoms with Crippen LogP contribution in [-0.2, 0) is 4.74 Å². The van der Waals surface area contributed by atoms with Crippen LogP contribution in [-0.4, -0.2) is 47.2 Å². The van der Waals surface area contributed by atoms with Crippen molar-refractivity contribution in [2.24, 2.45) is 0 Å². The number of hydrogen-bond acceptors (Lipinski definition) is 5. The quantitative estimate of drug-likeness (QED) is 0.806. The SMILES string of the molecule is COC(=O)c1ncn(C(C)CN2CCCC2)c1N. The molecule has 2 rings (SSSR count). The Balaban J connectivity index is 2.07. The summed E-state index contributed by atoms with van der Waals surface area (Å²) in [6.07, 6.45) is 4.14. The first kappa shape index (κ1) is 12.9. The van der Waals surface area contributed by atoms with Crippen LogP contribution in [0.5, 0.6) is 0 Å². The Morgan fingerprint density at radius 2 is 2.22 bits per heavy atom. The zero-order chi connectivity index (χ0) is 13.1. The summed E-state index contributed by atoms with van der Waals surface area (Å²) in [6, 6.07) is 0.203. The van der Waals surface area contributed by atoms with Gasteiger partial charge in [-0.1, -0.05) is 0 Å². The molecule has 6 nitrogen and oxygen atoms in total. The van der Waals surface area contributed by atoms with Gasteiger partial charge in [0.1, 0.15) is 5.82 Å². The molecule has 2 N–H and O–H groups in total. The number of nitrogen functional groups attached to an aromatic ring is 1. The Kier molecular flexibility index (Phi) is 3.86. The molecule has 0 aromatic carbocycles. The molecule has 18 heavy (non-hydrogen) atoms. The second kappa shape index (κ2) is 5.39. The number of aromatic nitrogens is 2. The number of methoxy groups -OCH3 is 1. The van der Waals surface area contributed by atoms with Gasteiger partial charge in [0, 0.05) is 12.6 Å². The number of imidazole rings is 1. The molecule has 2 heterocycles. The van der Waals surface area contributed by atoms with Crippen molar-refractivity contribution in [1.82, 2.24) is 14.5 Å². The van der Waals surface area contributed by atoms with Crippen molar-refractivity contribution >= 4 is 11.8 Å². The minimum Gasteiger partial charge on any atom is -0.464 e. The first-order valence-electron chi connectivity index (χ1n) is 6.26. The van der Waals surface area contributed by atoms with Gasteiger partial charge in [-0.3, -0.25) is 0 Å². The highest BCUT2D eigenvalue weighted by atomic mass is 16.5. The fourth-order valence-corrected chi connectivity index (χ4v) is 2.40. The lowest BCUT2D eigenvalue weighted by Gasteiger charge is -2.22.